The Morgan fingerprint density at radius 2 is 1.87 bits per heavy atom. The Hall–Kier alpha value is -1.26. The number of ether oxygens (including phenoxy) is 1. The first-order chi connectivity index (χ1) is 6.75. The second-order valence-corrected chi connectivity index (χ2v) is 4.85. The van der Waals surface area contributed by atoms with Crippen molar-refractivity contribution < 1.29 is 19.4 Å². The minimum atomic E-state index is -1.24. The monoisotopic (exact) mass is 214 g/mol. The molecule has 1 amide bonds. The van der Waals surface area contributed by atoms with Crippen molar-refractivity contribution in [3.63, 3.8) is 0 Å². The van der Waals surface area contributed by atoms with Crippen LogP contribution in [0, 0.1) is 0 Å². The van der Waals surface area contributed by atoms with Gasteiger partial charge in [0.2, 0.25) is 0 Å². The van der Waals surface area contributed by atoms with Crippen LogP contribution in [0.15, 0.2) is 0 Å². The molecule has 0 atom stereocenters. The summed E-state index contributed by atoms with van der Waals surface area (Å²) in [6, 6.07) is 0. The van der Waals surface area contributed by atoms with Crippen LogP contribution >= 0.6 is 0 Å². The number of nitrogens with one attached hydrogen (secondary N) is 1. The lowest BCUT2D eigenvalue weighted by Crippen LogP contribution is -2.64. The first kappa shape index (κ1) is 11.8. The summed E-state index contributed by atoms with van der Waals surface area (Å²) in [5.74, 6) is -1.24. The van der Waals surface area contributed by atoms with Gasteiger partial charge in [-0.25, -0.2) is 4.79 Å². The third-order valence-electron chi connectivity index (χ3n) is 2.34. The minimum Gasteiger partial charge on any atom is -0.548 e. The van der Waals surface area contributed by atoms with Crippen LogP contribution in [0.4, 0.5) is 4.79 Å². The molecule has 15 heavy (non-hydrogen) atoms. The number of alkyl carbamates (subject to hydrolysis) is 1. The lowest BCUT2D eigenvalue weighted by Gasteiger charge is -2.43. The zero-order chi connectivity index (χ0) is 11.7. The zero-order valence-corrected chi connectivity index (χ0v) is 9.25. The largest absolute Gasteiger partial charge is 0.548 e. The molecule has 0 heterocycles. The lowest BCUT2D eigenvalue weighted by atomic mass is 9.77. The molecule has 0 bridgehead atoms. The Kier molecular flexibility index (Phi) is 2.93. The average molecular weight is 214 g/mol. The van der Waals surface area contributed by atoms with E-state index in [0.29, 0.717) is 12.8 Å². The molecule has 1 rings (SSSR count). The number of carbonyl (C=O) groups excluding carboxylic acids is 2. The van der Waals surface area contributed by atoms with Crippen molar-refractivity contribution in [3.8, 4) is 0 Å². The molecule has 0 aromatic rings. The summed E-state index contributed by atoms with van der Waals surface area (Å²) in [6.07, 6.45) is 0.902. The zero-order valence-electron chi connectivity index (χ0n) is 9.25. The van der Waals surface area contributed by atoms with Gasteiger partial charge in [-0.3, -0.25) is 0 Å². The summed E-state index contributed by atoms with van der Waals surface area (Å²) < 4.78 is 4.98. The molecule has 1 saturated carbocycles. The fourth-order valence-electron chi connectivity index (χ4n) is 1.41. The highest BCUT2D eigenvalue weighted by molar-refractivity contribution is 5.84. The van der Waals surface area contributed by atoms with Crippen LogP contribution in [0.1, 0.15) is 40.0 Å². The van der Waals surface area contributed by atoms with Gasteiger partial charge >= 0.3 is 6.09 Å². The van der Waals surface area contributed by atoms with E-state index in [0.717, 1.165) is 6.42 Å². The molecule has 0 aromatic carbocycles. The molecule has 1 fully saturated rings. The molecule has 0 unspecified atom stereocenters. The van der Waals surface area contributed by atoms with Crippen molar-refractivity contribution in [2.24, 2.45) is 0 Å². The van der Waals surface area contributed by atoms with Crippen molar-refractivity contribution in [2.75, 3.05) is 0 Å². The van der Waals surface area contributed by atoms with Crippen molar-refractivity contribution in [3.05, 3.63) is 0 Å². The number of carboxylic acid groups (broad SMARTS) is 1. The Balaban J connectivity index is 2.54. The predicted molar refractivity (Wildman–Crippen MR) is 51.0 cm³/mol. The Labute approximate surface area is 88.8 Å². The quantitative estimate of drug-likeness (QED) is 0.711. The highest BCUT2D eigenvalue weighted by Crippen LogP contribution is 2.31. The Morgan fingerprint density at radius 3 is 2.13 bits per heavy atom. The molecular formula is C10H16NO4-. The highest BCUT2D eigenvalue weighted by atomic mass is 16.6. The molecule has 1 aliphatic carbocycles. The number of aliphatic carboxylic acids is 1. The summed E-state index contributed by atoms with van der Waals surface area (Å²) in [4.78, 5) is 22.2. The van der Waals surface area contributed by atoms with Crippen molar-refractivity contribution in [2.45, 2.75) is 51.2 Å². The van der Waals surface area contributed by atoms with Crippen LogP contribution < -0.4 is 10.4 Å². The fraction of sp³-hybridized carbons (Fsp3) is 0.800. The lowest BCUT2D eigenvalue weighted by molar-refractivity contribution is -0.317. The fourth-order valence-corrected chi connectivity index (χ4v) is 1.41. The van der Waals surface area contributed by atoms with Crippen LogP contribution in [0.5, 0.6) is 0 Å². The maximum Gasteiger partial charge on any atom is 0.408 e. The summed E-state index contributed by atoms with van der Waals surface area (Å²) in [5, 5.41) is 13.2. The van der Waals surface area contributed by atoms with E-state index in [-0.39, 0.29) is 0 Å². The summed E-state index contributed by atoms with van der Waals surface area (Å²) >= 11 is 0. The molecule has 0 aromatic heterocycles. The number of rotatable bonds is 2. The van der Waals surface area contributed by atoms with Gasteiger partial charge in [0.25, 0.3) is 0 Å². The first-order valence-electron chi connectivity index (χ1n) is 4.98. The Bertz CT molecular complexity index is 276. The Morgan fingerprint density at radius 1 is 1.33 bits per heavy atom. The number of carboxylic acids is 1. The number of amides is 1. The van der Waals surface area contributed by atoms with Gasteiger partial charge < -0.3 is 20.0 Å². The van der Waals surface area contributed by atoms with Crippen LogP contribution in [0.25, 0.3) is 0 Å². The molecule has 1 aliphatic rings. The van der Waals surface area contributed by atoms with Crippen LogP contribution in [0.3, 0.4) is 0 Å². The van der Waals surface area contributed by atoms with Gasteiger partial charge in [-0.1, -0.05) is 0 Å². The molecule has 5 nitrogen and oxygen atoms in total. The maximum absolute atomic E-state index is 11.3. The van der Waals surface area contributed by atoms with Gasteiger partial charge in [0.1, 0.15) is 5.60 Å². The standard InChI is InChI=1S/C10H17NO4/c1-9(2,3)15-8(14)11-10(7(12)13)5-4-6-10/h4-6H2,1-3H3,(H,11,14)(H,12,13)/p-1. The van der Waals surface area contributed by atoms with E-state index in [9.17, 15) is 14.7 Å². The van der Waals surface area contributed by atoms with Gasteiger partial charge in [0.05, 0.1) is 11.5 Å². The molecule has 1 N–H and O–H groups in total. The van der Waals surface area contributed by atoms with Gasteiger partial charge in [0, 0.05) is 0 Å². The first-order valence-corrected chi connectivity index (χ1v) is 4.98. The third kappa shape index (κ3) is 2.84. The van der Waals surface area contributed by atoms with Gasteiger partial charge in [-0.05, 0) is 40.0 Å². The SMILES string of the molecule is CC(C)(C)OC(=O)NC1(C(=O)[O-])CCC1. The predicted octanol–water partition coefficient (Wildman–Crippen LogP) is 0.184. The molecule has 0 saturated heterocycles. The van der Waals surface area contributed by atoms with E-state index in [2.05, 4.69) is 5.32 Å². The van der Waals surface area contributed by atoms with E-state index in [4.69, 9.17) is 4.74 Å². The van der Waals surface area contributed by atoms with Gasteiger partial charge in [0.15, 0.2) is 0 Å². The van der Waals surface area contributed by atoms with Crippen molar-refractivity contribution in [1.82, 2.24) is 5.32 Å². The summed E-state index contributed by atoms with van der Waals surface area (Å²) in [7, 11) is 0. The number of hydrogen-bond donors (Lipinski definition) is 1. The summed E-state index contributed by atoms with van der Waals surface area (Å²) in [6.45, 7) is 5.16. The van der Waals surface area contributed by atoms with E-state index in [1.54, 1.807) is 20.8 Å². The third-order valence-corrected chi connectivity index (χ3v) is 2.34. The number of carbonyl (C=O) groups is 2. The van der Waals surface area contributed by atoms with Gasteiger partial charge in [-0.2, -0.15) is 0 Å². The maximum atomic E-state index is 11.3. The molecule has 5 heteroatoms. The average Bonchev–Trinajstić information content (AvgIpc) is 1.92. The normalized spacial score (nSPS) is 18.9. The number of hydrogen-bond acceptors (Lipinski definition) is 4. The molecule has 0 aliphatic heterocycles. The topological polar surface area (TPSA) is 78.5 Å². The van der Waals surface area contributed by atoms with Crippen molar-refractivity contribution in [1.29, 1.82) is 0 Å². The van der Waals surface area contributed by atoms with Crippen molar-refractivity contribution >= 4 is 12.1 Å². The van der Waals surface area contributed by atoms with E-state index in [1.165, 1.54) is 0 Å². The van der Waals surface area contributed by atoms with Crippen LogP contribution in [-0.2, 0) is 9.53 Å². The second-order valence-electron chi connectivity index (χ2n) is 4.85. The van der Waals surface area contributed by atoms with Crippen LogP contribution in [-0.4, -0.2) is 23.2 Å². The highest BCUT2D eigenvalue weighted by Gasteiger charge is 2.40. The van der Waals surface area contributed by atoms with E-state index in [1.807, 2.05) is 0 Å². The van der Waals surface area contributed by atoms with Gasteiger partial charge in [-0.15, -0.1) is 0 Å². The molecule has 0 spiro atoms. The smallest absolute Gasteiger partial charge is 0.408 e. The minimum absolute atomic E-state index is 0.411. The second kappa shape index (κ2) is 3.72. The van der Waals surface area contributed by atoms with Crippen LogP contribution in [0.2, 0.25) is 0 Å². The van der Waals surface area contributed by atoms with E-state index < -0.39 is 23.2 Å². The molecule has 86 valence electrons. The van der Waals surface area contributed by atoms with E-state index >= 15 is 0 Å². The summed E-state index contributed by atoms with van der Waals surface area (Å²) in [5.41, 5.74) is -1.83. The molecular weight excluding hydrogens is 198 g/mol. The molecule has 0 radical (unpaired) electrons.